The van der Waals surface area contributed by atoms with Gasteiger partial charge in [-0.3, -0.25) is 19.3 Å². The van der Waals surface area contributed by atoms with Gasteiger partial charge in [-0.15, -0.1) is 11.8 Å². The zero-order valence-electron chi connectivity index (χ0n) is 22.1. The molecule has 3 aliphatic heterocycles. The van der Waals surface area contributed by atoms with Crippen LogP contribution in [0.15, 0.2) is 64.4 Å². The second kappa shape index (κ2) is 10.0. The third kappa shape index (κ3) is 4.17. The Morgan fingerprint density at radius 3 is 2.78 bits per heavy atom. The Balaban J connectivity index is 1.47. The van der Waals surface area contributed by atoms with Crippen LogP contribution >= 0.6 is 23.4 Å². The lowest BCUT2D eigenvalue weighted by atomic mass is 9.93. The van der Waals surface area contributed by atoms with E-state index in [9.17, 15) is 14.4 Å². The van der Waals surface area contributed by atoms with E-state index in [-0.39, 0.29) is 24.0 Å². The van der Waals surface area contributed by atoms with E-state index in [2.05, 4.69) is 27.9 Å². The van der Waals surface area contributed by atoms with Crippen molar-refractivity contribution in [3.63, 3.8) is 0 Å². The number of pyridine rings is 1. The van der Waals surface area contributed by atoms with E-state index in [4.69, 9.17) is 25.8 Å². The van der Waals surface area contributed by atoms with Crippen molar-refractivity contribution in [2.24, 2.45) is 0 Å². The normalized spacial score (nSPS) is 21.7. The summed E-state index contributed by atoms with van der Waals surface area (Å²) in [4.78, 5) is 42.0. The van der Waals surface area contributed by atoms with Crippen LogP contribution in [0.1, 0.15) is 46.1 Å². The molecule has 0 N–H and O–H groups in total. The molecule has 1 aromatic heterocycles. The van der Waals surface area contributed by atoms with Gasteiger partial charge in [0, 0.05) is 33.5 Å². The Labute approximate surface area is 244 Å². The van der Waals surface area contributed by atoms with Gasteiger partial charge in [-0.05, 0) is 36.1 Å². The maximum atomic E-state index is 14.3. The molecule has 4 aliphatic rings. The molecule has 3 aromatic rings. The fourth-order valence-corrected chi connectivity index (χ4v) is 7.49. The van der Waals surface area contributed by atoms with Gasteiger partial charge in [-0.1, -0.05) is 41.9 Å². The maximum absolute atomic E-state index is 14.3. The number of hydrogen-bond acceptors (Lipinski definition) is 9. The van der Waals surface area contributed by atoms with Crippen molar-refractivity contribution in [1.82, 2.24) is 9.58 Å². The van der Waals surface area contributed by atoms with Gasteiger partial charge >= 0.3 is 6.16 Å². The number of fused-ring (bicyclic) bond motifs is 5. The number of nitrogens with zero attached hydrogens (tertiary/aromatic N) is 3. The average molecular weight is 596 g/mol. The fraction of sp³-hybridized carbons (Fsp3) is 0.345. The second-order valence-electron chi connectivity index (χ2n) is 10.4. The predicted molar refractivity (Wildman–Crippen MR) is 150 cm³/mol. The first-order valence-electron chi connectivity index (χ1n) is 13.2. The molecule has 10 nitrogen and oxygen atoms in total. The average Bonchev–Trinajstić information content (AvgIpc) is 3.77. The van der Waals surface area contributed by atoms with Crippen molar-refractivity contribution in [1.29, 1.82) is 0 Å². The molecule has 41 heavy (non-hydrogen) atoms. The van der Waals surface area contributed by atoms with Gasteiger partial charge in [0.2, 0.25) is 18.0 Å². The van der Waals surface area contributed by atoms with E-state index in [1.54, 1.807) is 22.6 Å². The molecule has 4 heterocycles. The highest BCUT2D eigenvalue weighted by Crippen LogP contribution is 2.51. The van der Waals surface area contributed by atoms with Crippen LogP contribution in [0.25, 0.3) is 0 Å². The van der Waals surface area contributed by atoms with E-state index in [1.807, 2.05) is 29.2 Å². The van der Waals surface area contributed by atoms with Crippen LogP contribution in [0.4, 0.5) is 4.79 Å². The van der Waals surface area contributed by atoms with Crippen molar-refractivity contribution in [3.05, 3.63) is 92.4 Å². The number of thioether (sulfide) groups is 1. The number of morpholine rings is 1. The van der Waals surface area contributed by atoms with Crippen LogP contribution in [-0.4, -0.2) is 60.5 Å². The molecule has 0 bridgehead atoms. The lowest BCUT2D eigenvalue weighted by molar-refractivity contribution is -0.0621. The zero-order valence-corrected chi connectivity index (χ0v) is 23.7. The molecular weight excluding hydrogens is 570 g/mol. The number of methoxy groups -OCH3 is 1. The third-order valence-electron chi connectivity index (χ3n) is 8.11. The minimum Gasteiger partial charge on any atom is -0.451 e. The SMILES string of the molecule is COC(=O)OCOc1c2n(ccc1=O)N([C@@H]1c3ccccc3SCc3cccc(Cl)c31)[C@@H]1COCC3(CC3)N1C2=O. The summed E-state index contributed by atoms with van der Waals surface area (Å²) in [6.07, 6.45) is 1.71. The quantitative estimate of drug-likeness (QED) is 0.323. The molecule has 12 heteroatoms. The number of amides is 1. The number of aromatic nitrogens is 1. The number of carbonyl (C=O) groups is 2. The molecule has 1 amide bonds. The van der Waals surface area contributed by atoms with Gasteiger partial charge in [0.1, 0.15) is 12.2 Å². The number of ether oxygens (including phenoxy) is 4. The van der Waals surface area contributed by atoms with Crippen LogP contribution in [-0.2, 0) is 20.0 Å². The Bertz CT molecular complexity index is 1620. The molecule has 0 unspecified atom stereocenters. The topological polar surface area (TPSA) is 99.5 Å². The van der Waals surface area contributed by atoms with Crippen LogP contribution in [0.3, 0.4) is 0 Å². The molecule has 1 saturated heterocycles. The fourth-order valence-electron chi connectivity index (χ4n) is 6.11. The van der Waals surface area contributed by atoms with E-state index in [0.717, 1.165) is 40.2 Å². The Hall–Kier alpha value is -3.67. The summed E-state index contributed by atoms with van der Waals surface area (Å²) < 4.78 is 22.9. The molecular formula is C29H26ClN3O7S. The number of carbonyl (C=O) groups excluding carboxylic acids is 2. The van der Waals surface area contributed by atoms with Gasteiger partial charge in [0.15, 0.2) is 5.69 Å². The summed E-state index contributed by atoms with van der Waals surface area (Å²) in [7, 11) is 1.17. The van der Waals surface area contributed by atoms with Gasteiger partial charge in [-0.25, -0.2) is 4.79 Å². The van der Waals surface area contributed by atoms with Crippen molar-refractivity contribution in [2.75, 3.05) is 32.1 Å². The summed E-state index contributed by atoms with van der Waals surface area (Å²) in [5.74, 6) is 0.178. The van der Waals surface area contributed by atoms with E-state index < -0.39 is 36.1 Å². The van der Waals surface area contributed by atoms with Crippen LogP contribution < -0.4 is 15.2 Å². The van der Waals surface area contributed by atoms with Crippen molar-refractivity contribution in [2.45, 2.75) is 41.2 Å². The molecule has 2 aromatic carbocycles. The Morgan fingerprint density at radius 2 is 1.98 bits per heavy atom. The minimum atomic E-state index is -0.966. The molecule has 0 radical (unpaired) electrons. The van der Waals surface area contributed by atoms with Crippen LogP contribution in [0, 0.1) is 0 Å². The lowest BCUT2D eigenvalue weighted by Gasteiger charge is -2.54. The van der Waals surface area contributed by atoms with E-state index in [0.29, 0.717) is 11.6 Å². The Morgan fingerprint density at radius 1 is 1.15 bits per heavy atom. The molecule has 7 rings (SSSR count). The molecule has 2 atom stereocenters. The largest absolute Gasteiger partial charge is 0.510 e. The molecule has 212 valence electrons. The highest BCUT2D eigenvalue weighted by molar-refractivity contribution is 7.98. The smallest absolute Gasteiger partial charge is 0.451 e. The Kier molecular flexibility index (Phi) is 6.40. The first kappa shape index (κ1) is 26.2. The summed E-state index contributed by atoms with van der Waals surface area (Å²) in [5, 5.41) is 2.69. The van der Waals surface area contributed by atoms with Crippen molar-refractivity contribution < 1.29 is 28.5 Å². The number of rotatable bonds is 4. The number of halogens is 1. The highest BCUT2D eigenvalue weighted by Gasteiger charge is 2.60. The van der Waals surface area contributed by atoms with Gasteiger partial charge in [-0.2, -0.15) is 0 Å². The van der Waals surface area contributed by atoms with Crippen LogP contribution in [0.2, 0.25) is 5.02 Å². The van der Waals surface area contributed by atoms with Crippen LogP contribution in [0.5, 0.6) is 5.75 Å². The lowest BCUT2D eigenvalue weighted by Crippen LogP contribution is -2.70. The highest BCUT2D eigenvalue weighted by atomic mass is 35.5. The first-order valence-corrected chi connectivity index (χ1v) is 14.6. The summed E-state index contributed by atoms with van der Waals surface area (Å²) in [5.41, 5.74) is 2.10. The molecule has 1 aliphatic carbocycles. The minimum absolute atomic E-state index is 0.0541. The first-order chi connectivity index (χ1) is 19.9. The maximum Gasteiger partial charge on any atom is 0.510 e. The number of benzene rings is 2. The predicted octanol–water partition coefficient (Wildman–Crippen LogP) is 4.30. The summed E-state index contributed by atoms with van der Waals surface area (Å²) >= 11 is 8.70. The van der Waals surface area contributed by atoms with Crippen molar-refractivity contribution in [3.8, 4) is 5.75 Å². The summed E-state index contributed by atoms with van der Waals surface area (Å²) in [6.45, 7) is 0.0873. The van der Waals surface area contributed by atoms with E-state index in [1.165, 1.54) is 13.2 Å². The number of hydrogen-bond donors (Lipinski definition) is 0. The zero-order chi connectivity index (χ0) is 28.3. The standard InChI is InChI=1S/C29H26ClN3O7S/c1-37-28(36)40-16-39-26-20(34)9-12-31-25(26)27(35)32-22(13-38-15-29(32)10-11-29)33(31)24-18-6-2-3-8-21(18)41-14-17-5-4-7-19(30)23(17)24/h2-9,12,22,24H,10-11,13-16H2,1H3/t22-,24-/m1/s1. The van der Waals surface area contributed by atoms with Crippen molar-refractivity contribution >= 4 is 35.4 Å². The molecule has 2 fully saturated rings. The van der Waals surface area contributed by atoms with E-state index >= 15 is 0 Å². The second-order valence-corrected chi connectivity index (χ2v) is 11.8. The van der Waals surface area contributed by atoms with Gasteiger partial charge < -0.3 is 23.8 Å². The molecule has 1 spiro atoms. The van der Waals surface area contributed by atoms with Gasteiger partial charge in [0.25, 0.3) is 5.91 Å². The monoisotopic (exact) mass is 595 g/mol. The molecule has 1 saturated carbocycles. The third-order valence-corrected chi connectivity index (χ3v) is 9.58. The summed E-state index contributed by atoms with van der Waals surface area (Å²) in [6, 6.07) is 15.0. The van der Waals surface area contributed by atoms with Gasteiger partial charge in [0.05, 0.1) is 25.9 Å².